The predicted octanol–water partition coefficient (Wildman–Crippen LogP) is -3.89. The van der Waals surface area contributed by atoms with E-state index in [1.807, 2.05) is 41.3 Å². The van der Waals surface area contributed by atoms with Crippen molar-refractivity contribution in [2.45, 2.75) is 24.7 Å². The molecule has 2 atom stereocenters. The molecule has 2 unspecified atom stereocenters. The van der Waals surface area contributed by atoms with E-state index in [1.165, 1.54) is 7.05 Å². The number of carbonyl (C=O) groups is 4. The van der Waals surface area contributed by atoms with E-state index < -0.39 is 31.2 Å². The van der Waals surface area contributed by atoms with Crippen molar-refractivity contribution in [3.8, 4) is 0 Å². The number of carbonyl (C=O) groups excluding carboxylic acids is 4. The molecule has 0 bridgehead atoms. The Kier molecular flexibility index (Phi) is 25.4. The number of benzene rings is 2. The van der Waals surface area contributed by atoms with Crippen LogP contribution in [0.4, 0.5) is 9.59 Å². The molecule has 0 spiro atoms. The van der Waals surface area contributed by atoms with Crippen LogP contribution in [0.5, 0.6) is 0 Å². The number of likely N-dealkylation sites (N-methyl/N-ethyl adjacent to an activating group) is 2. The second kappa shape index (κ2) is 24.2. The monoisotopic (exact) mass is 789 g/mol. The van der Waals surface area contributed by atoms with Gasteiger partial charge < -0.3 is 46.2 Å². The van der Waals surface area contributed by atoms with Crippen LogP contribution in [0.15, 0.2) is 60.7 Å². The molecule has 5 amide bonds. The van der Waals surface area contributed by atoms with E-state index in [4.69, 9.17) is 10.1 Å². The van der Waals surface area contributed by atoms with Crippen LogP contribution in [-0.4, -0.2) is 148 Å². The second-order valence-corrected chi connectivity index (χ2v) is 9.61. The van der Waals surface area contributed by atoms with E-state index >= 15 is 0 Å². The SMILES string of the molecule is CB(O)NCC1(c2ccccc2)CN(C)C(=O)N1.CB(O)NCC1(c2ccccc2)NC(=O)N(C)C1=O.CI.O=CO[O-].[K+].[K]. The van der Waals surface area contributed by atoms with Crippen LogP contribution in [0.25, 0.3) is 0 Å². The quantitative estimate of drug-likeness (QED) is 0.0278. The van der Waals surface area contributed by atoms with Crippen molar-refractivity contribution in [2.75, 3.05) is 38.7 Å². The Morgan fingerprint density at radius 3 is 1.71 bits per heavy atom. The van der Waals surface area contributed by atoms with Gasteiger partial charge in [0, 0.05) is 78.6 Å². The molecule has 2 aliphatic rings. The van der Waals surface area contributed by atoms with Gasteiger partial charge in [-0.15, -0.1) is 0 Å². The molecular formula is C26H38B2IK2N6O8. The summed E-state index contributed by atoms with van der Waals surface area (Å²) in [6, 6.07) is 18.3. The number of urea groups is 2. The van der Waals surface area contributed by atoms with E-state index in [1.54, 1.807) is 49.9 Å². The summed E-state index contributed by atoms with van der Waals surface area (Å²) in [4.78, 5) is 51.7. The van der Waals surface area contributed by atoms with Gasteiger partial charge in [0.05, 0.1) is 12.1 Å². The molecule has 2 aliphatic heterocycles. The number of halogens is 1. The van der Waals surface area contributed by atoms with Crippen LogP contribution in [0.1, 0.15) is 11.1 Å². The molecule has 2 saturated heterocycles. The van der Waals surface area contributed by atoms with E-state index in [0.29, 0.717) is 18.7 Å². The Bertz CT molecular complexity index is 1180. The van der Waals surface area contributed by atoms with Gasteiger partial charge in [-0.1, -0.05) is 83.3 Å². The number of imide groups is 1. The largest absolute Gasteiger partial charge is 1.00 e. The van der Waals surface area contributed by atoms with Crippen LogP contribution >= 0.6 is 22.6 Å². The maximum Gasteiger partial charge on any atom is 1.00 e. The van der Waals surface area contributed by atoms with Gasteiger partial charge >= 0.3 is 77.5 Å². The zero-order chi connectivity index (χ0) is 32.6. The van der Waals surface area contributed by atoms with Crippen molar-refractivity contribution in [2.24, 2.45) is 0 Å². The fraction of sp³-hybridized carbons (Fsp3) is 0.385. The number of rotatable bonds is 9. The van der Waals surface area contributed by atoms with Crippen molar-refractivity contribution in [3.63, 3.8) is 0 Å². The van der Waals surface area contributed by atoms with E-state index in [9.17, 15) is 24.4 Å². The molecule has 1 radical (unpaired) electrons. The molecule has 0 aromatic heterocycles. The molecule has 14 nitrogen and oxygen atoms in total. The molecule has 4 rings (SSSR count). The van der Waals surface area contributed by atoms with Crippen LogP contribution in [0, 0.1) is 0 Å². The fourth-order valence-corrected chi connectivity index (χ4v) is 4.40. The van der Waals surface area contributed by atoms with Crippen molar-refractivity contribution in [1.82, 2.24) is 30.9 Å². The first-order chi connectivity index (χ1) is 20.4. The molecule has 45 heavy (non-hydrogen) atoms. The Balaban J connectivity index is 0. The summed E-state index contributed by atoms with van der Waals surface area (Å²) < 4.78 is 0. The van der Waals surface area contributed by atoms with Crippen molar-refractivity contribution < 1.29 is 90.8 Å². The van der Waals surface area contributed by atoms with Gasteiger partial charge in [0.15, 0.2) is 5.54 Å². The third kappa shape index (κ3) is 14.2. The number of nitrogens with one attached hydrogen (secondary N) is 4. The van der Waals surface area contributed by atoms with Crippen LogP contribution in [0.2, 0.25) is 13.6 Å². The summed E-state index contributed by atoms with van der Waals surface area (Å²) in [5, 5.41) is 38.6. The molecule has 2 heterocycles. The number of alkyl halides is 1. The van der Waals surface area contributed by atoms with Gasteiger partial charge in [0.25, 0.3) is 12.4 Å². The van der Waals surface area contributed by atoms with Crippen molar-refractivity contribution in [1.29, 1.82) is 0 Å². The number of hydrogen-bond acceptors (Lipinski definition) is 10. The van der Waals surface area contributed by atoms with Gasteiger partial charge in [-0.3, -0.25) is 14.5 Å². The van der Waals surface area contributed by atoms with E-state index in [0.717, 1.165) is 10.5 Å². The molecule has 0 saturated carbocycles. The maximum atomic E-state index is 12.4. The zero-order valence-electron chi connectivity index (χ0n) is 26.7. The Morgan fingerprint density at radius 1 is 0.911 bits per heavy atom. The minimum absolute atomic E-state index is 0. The fourth-order valence-electron chi connectivity index (χ4n) is 4.40. The summed E-state index contributed by atoms with van der Waals surface area (Å²) in [5.74, 6) is -0.336. The predicted molar refractivity (Wildman–Crippen MR) is 175 cm³/mol. The summed E-state index contributed by atoms with van der Waals surface area (Å²) in [6.07, 6.45) is 0. The standard InChI is InChI=1S/C12H16BN3O3.C12H18BN3O2.CH3I.CH2O3.2K/c1-13(19)14-8-12(9-6-4-3-5-7-9)10(17)16(2)11(18)15-12;1-13(18)14-8-12(9-16(2)11(17)15-12)10-6-4-3-5-7-10;1-2;2-1-4-3;;/h3-7,14,19H,8H2,1-2H3,(H,15,18);3-7,14,18H,8-9H2,1-2H3,(H,15,17);1H3;1,3H;;/q;;;;;+1/p-1. The second-order valence-electron chi connectivity index (χ2n) is 9.61. The number of amides is 5. The molecule has 2 aromatic rings. The summed E-state index contributed by atoms with van der Waals surface area (Å²) in [5.41, 5.74) is 0.0791. The molecule has 6 N–H and O–H groups in total. The zero-order valence-corrected chi connectivity index (χ0v) is 35.1. The van der Waals surface area contributed by atoms with Crippen LogP contribution < -0.4 is 77.7 Å². The first kappa shape index (κ1) is 47.2. The van der Waals surface area contributed by atoms with Gasteiger partial charge in [0.1, 0.15) is 0 Å². The normalized spacial score (nSPS) is 19.4. The van der Waals surface area contributed by atoms with Crippen LogP contribution in [0.3, 0.4) is 0 Å². The smallest absolute Gasteiger partial charge is 0.662 e. The minimum atomic E-state index is -1.16. The molecule has 2 fully saturated rings. The van der Waals surface area contributed by atoms with Gasteiger partial charge in [-0.05, 0) is 29.7 Å². The molecule has 2 aromatic carbocycles. The summed E-state index contributed by atoms with van der Waals surface area (Å²) in [6.45, 7) is 4.24. The first-order valence-corrected chi connectivity index (χ1v) is 15.3. The molecule has 19 heteroatoms. The number of nitrogens with zero attached hydrogens (tertiary/aromatic N) is 2. The topological polar surface area (TPSA) is 196 Å². The van der Waals surface area contributed by atoms with Crippen molar-refractivity contribution in [3.05, 3.63) is 71.8 Å². The summed E-state index contributed by atoms with van der Waals surface area (Å²) in [7, 11) is 1.83. The Hall–Kier alpha value is 0.0526. The van der Waals surface area contributed by atoms with Gasteiger partial charge in [-0.25, -0.2) is 9.59 Å². The third-order valence-electron chi connectivity index (χ3n) is 6.49. The number of hydrogen-bond donors (Lipinski definition) is 6. The van der Waals surface area contributed by atoms with Crippen molar-refractivity contribution >= 4 is 113 Å². The molecule has 0 aliphatic carbocycles. The molecule has 235 valence electrons. The van der Waals surface area contributed by atoms with Crippen LogP contribution in [-0.2, 0) is 25.6 Å². The first-order valence-electron chi connectivity index (χ1n) is 13.1. The van der Waals surface area contributed by atoms with E-state index in [2.05, 4.69) is 48.6 Å². The minimum Gasteiger partial charge on any atom is -0.662 e. The average molecular weight is 789 g/mol. The molecular weight excluding hydrogens is 751 g/mol. The summed E-state index contributed by atoms with van der Waals surface area (Å²) >= 11 is 2.15. The average Bonchev–Trinajstić information content (AvgIpc) is 3.44. The maximum absolute atomic E-state index is 12.4. The van der Waals surface area contributed by atoms with Gasteiger partial charge in [-0.2, -0.15) is 0 Å². The Labute approximate surface area is 363 Å². The Morgan fingerprint density at radius 2 is 1.36 bits per heavy atom. The third-order valence-corrected chi connectivity index (χ3v) is 6.49. The van der Waals surface area contributed by atoms with Gasteiger partial charge in [0.2, 0.25) is 0 Å². The van der Waals surface area contributed by atoms with E-state index in [-0.39, 0.29) is 128 Å².